The number of carbonyl (C=O) groups is 1. The SMILES string of the molecule is Cn1c(C(=O)Cl)cccc1=O. The molecule has 0 aromatic carbocycles. The van der Waals surface area contributed by atoms with Gasteiger partial charge < -0.3 is 4.57 Å². The summed E-state index contributed by atoms with van der Waals surface area (Å²) < 4.78 is 1.20. The predicted octanol–water partition coefficient (Wildman–Crippen LogP) is 0.764. The lowest BCUT2D eigenvalue weighted by molar-refractivity contribution is 0.107. The fourth-order valence-electron chi connectivity index (χ4n) is 0.761. The summed E-state index contributed by atoms with van der Waals surface area (Å²) in [4.78, 5) is 21.5. The van der Waals surface area contributed by atoms with E-state index in [-0.39, 0.29) is 11.3 Å². The molecule has 0 saturated carbocycles. The van der Waals surface area contributed by atoms with Gasteiger partial charge in [-0.3, -0.25) is 9.59 Å². The van der Waals surface area contributed by atoms with Crippen LogP contribution in [0.1, 0.15) is 10.5 Å². The van der Waals surface area contributed by atoms with E-state index in [1.807, 2.05) is 0 Å². The molecule has 11 heavy (non-hydrogen) atoms. The summed E-state index contributed by atoms with van der Waals surface area (Å²) >= 11 is 5.18. The van der Waals surface area contributed by atoms with Gasteiger partial charge >= 0.3 is 0 Å². The minimum Gasteiger partial charge on any atom is -0.308 e. The topological polar surface area (TPSA) is 39.1 Å². The van der Waals surface area contributed by atoms with Crippen molar-refractivity contribution < 1.29 is 4.79 Å². The highest BCUT2D eigenvalue weighted by molar-refractivity contribution is 6.67. The first-order valence-electron chi connectivity index (χ1n) is 2.99. The van der Waals surface area contributed by atoms with Crippen molar-refractivity contribution in [1.82, 2.24) is 4.57 Å². The van der Waals surface area contributed by atoms with E-state index in [1.165, 1.54) is 29.8 Å². The highest BCUT2D eigenvalue weighted by atomic mass is 35.5. The van der Waals surface area contributed by atoms with Crippen LogP contribution in [0.2, 0.25) is 0 Å². The van der Waals surface area contributed by atoms with Crippen molar-refractivity contribution in [2.45, 2.75) is 0 Å². The van der Waals surface area contributed by atoms with Crippen molar-refractivity contribution in [2.24, 2.45) is 7.05 Å². The molecule has 0 radical (unpaired) electrons. The minimum absolute atomic E-state index is 0.208. The molecule has 0 amide bonds. The quantitative estimate of drug-likeness (QED) is 0.586. The van der Waals surface area contributed by atoms with E-state index in [2.05, 4.69) is 0 Å². The summed E-state index contributed by atoms with van der Waals surface area (Å²) in [6, 6.07) is 4.36. The van der Waals surface area contributed by atoms with Crippen molar-refractivity contribution in [3.8, 4) is 0 Å². The van der Waals surface area contributed by atoms with Crippen LogP contribution in [0.25, 0.3) is 0 Å². The van der Waals surface area contributed by atoms with Gasteiger partial charge in [0.1, 0.15) is 5.69 Å². The molecule has 0 saturated heterocycles. The van der Waals surface area contributed by atoms with Crippen molar-refractivity contribution in [2.75, 3.05) is 0 Å². The molecule has 1 aromatic heterocycles. The molecule has 58 valence electrons. The molecule has 1 heterocycles. The molecule has 0 bridgehead atoms. The van der Waals surface area contributed by atoms with Crippen molar-refractivity contribution in [3.63, 3.8) is 0 Å². The van der Waals surface area contributed by atoms with Crippen LogP contribution in [-0.4, -0.2) is 9.81 Å². The molecule has 0 aliphatic carbocycles. The fourth-order valence-corrected chi connectivity index (χ4v) is 0.951. The van der Waals surface area contributed by atoms with Crippen molar-refractivity contribution in [3.05, 3.63) is 34.2 Å². The summed E-state index contributed by atoms with van der Waals surface area (Å²) in [6.07, 6.45) is 0. The van der Waals surface area contributed by atoms with Gasteiger partial charge in [-0.2, -0.15) is 0 Å². The standard InChI is InChI=1S/C7H6ClNO2/c1-9-5(7(8)11)3-2-4-6(9)10/h2-4H,1H3. The normalized spacial score (nSPS) is 9.64. The maximum absolute atomic E-state index is 10.9. The van der Waals surface area contributed by atoms with E-state index in [1.54, 1.807) is 0 Å². The molecular weight excluding hydrogens is 166 g/mol. The van der Waals surface area contributed by atoms with Crippen molar-refractivity contribution in [1.29, 1.82) is 0 Å². The average molecular weight is 172 g/mol. The molecular formula is C7H6ClNO2. The summed E-state index contributed by atoms with van der Waals surface area (Å²) in [5.41, 5.74) is -0.0318. The number of hydrogen-bond acceptors (Lipinski definition) is 2. The Kier molecular flexibility index (Phi) is 2.10. The third-order valence-electron chi connectivity index (χ3n) is 1.39. The molecule has 0 spiro atoms. The monoisotopic (exact) mass is 171 g/mol. The lowest BCUT2D eigenvalue weighted by Gasteiger charge is -2.00. The van der Waals surface area contributed by atoms with Crippen LogP contribution < -0.4 is 5.56 Å². The molecule has 0 N–H and O–H groups in total. The predicted molar refractivity (Wildman–Crippen MR) is 41.9 cm³/mol. The summed E-state index contributed by atoms with van der Waals surface area (Å²) in [5.74, 6) is 0. The number of halogens is 1. The Morgan fingerprint density at radius 2 is 2.18 bits per heavy atom. The van der Waals surface area contributed by atoms with Gasteiger partial charge in [0.15, 0.2) is 0 Å². The lowest BCUT2D eigenvalue weighted by Crippen LogP contribution is -2.19. The molecule has 4 heteroatoms. The maximum Gasteiger partial charge on any atom is 0.268 e. The molecule has 0 fully saturated rings. The second-order valence-corrected chi connectivity index (χ2v) is 2.43. The van der Waals surface area contributed by atoms with Crippen LogP contribution in [0.3, 0.4) is 0 Å². The van der Waals surface area contributed by atoms with E-state index >= 15 is 0 Å². The van der Waals surface area contributed by atoms with Crippen LogP contribution in [0, 0.1) is 0 Å². The molecule has 0 aliphatic heterocycles. The van der Waals surface area contributed by atoms with Gasteiger partial charge in [0.25, 0.3) is 10.8 Å². The second kappa shape index (κ2) is 2.88. The maximum atomic E-state index is 10.9. The van der Waals surface area contributed by atoms with E-state index in [4.69, 9.17) is 11.6 Å². The molecule has 3 nitrogen and oxygen atoms in total. The van der Waals surface area contributed by atoms with Gasteiger partial charge in [0.05, 0.1) is 0 Å². The zero-order valence-corrected chi connectivity index (χ0v) is 6.63. The minimum atomic E-state index is -0.620. The summed E-state index contributed by atoms with van der Waals surface area (Å²) in [7, 11) is 1.50. The number of hydrogen-bond donors (Lipinski definition) is 0. The fraction of sp³-hybridized carbons (Fsp3) is 0.143. The average Bonchev–Trinajstić information content (AvgIpc) is 1.94. The number of carbonyl (C=O) groups excluding carboxylic acids is 1. The van der Waals surface area contributed by atoms with Gasteiger partial charge in [-0.15, -0.1) is 0 Å². The number of nitrogens with zero attached hydrogens (tertiary/aromatic N) is 1. The van der Waals surface area contributed by atoms with Crippen molar-refractivity contribution >= 4 is 16.8 Å². The third kappa shape index (κ3) is 1.49. The Balaban J connectivity index is 3.39. The largest absolute Gasteiger partial charge is 0.308 e. The van der Waals surface area contributed by atoms with E-state index in [9.17, 15) is 9.59 Å². The van der Waals surface area contributed by atoms with Gasteiger partial charge in [0, 0.05) is 13.1 Å². The Hall–Kier alpha value is -1.09. The molecule has 0 atom stereocenters. The van der Waals surface area contributed by atoms with Gasteiger partial charge in [-0.25, -0.2) is 0 Å². The Morgan fingerprint density at radius 3 is 2.64 bits per heavy atom. The molecule has 0 unspecified atom stereocenters. The van der Waals surface area contributed by atoms with E-state index in [0.29, 0.717) is 0 Å². The second-order valence-electron chi connectivity index (χ2n) is 2.08. The smallest absolute Gasteiger partial charge is 0.268 e. The Labute approximate surface area is 68.2 Å². The Bertz CT molecular complexity index is 343. The Morgan fingerprint density at radius 1 is 1.55 bits per heavy atom. The first-order chi connectivity index (χ1) is 5.13. The van der Waals surface area contributed by atoms with E-state index in [0.717, 1.165) is 0 Å². The van der Waals surface area contributed by atoms with E-state index < -0.39 is 5.24 Å². The summed E-state index contributed by atoms with van der Waals surface area (Å²) in [5, 5.41) is -0.620. The van der Waals surface area contributed by atoms with Crippen LogP contribution in [0.15, 0.2) is 23.0 Å². The highest BCUT2D eigenvalue weighted by Crippen LogP contribution is 1.98. The van der Waals surface area contributed by atoms with Gasteiger partial charge in [-0.05, 0) is 17.7 Å². The third-order valence-corrected chi connectivity index (χ3v) is 1.58. The summed E-state index contributed by atoms with van der Waals surface area (Å²) in [6.45, 7) is 0. The molecule has 1 rings (SSSR count). The van der Waals surface area contributed by atoms with Crippen LogP contribution >= 0.6 is 11.6 Å². The number of pyridine rings is 1. The van der Waals surface area contributed by atoms with Crippen LogP contribution in [0.5, 0.6) is 0 Å². The zero-order valence-electron chi connectivity index (χ0n) is 5.87. The van der Waals surface area contributed by atoms with Gasteiger partial charge in [0.2, 0.25) is 0 Å². The van der Waals surface area contributed by atoms with Gasteiger partial charge in [-0.1, -0.05) is 6.07 Å². The molecule has 1 aromatic rings. The first-order valence-corrected chi connectivity index (χ1v) is 3.36. The number of rotatable bonds is 1. The van der Waals surface area contributed by atoms with Crippen LogP contribution in [0.4, 0.5) is 0 Å². The lowest BCUT2D eigenvalue weighted by atomic mass is 10.3. The molecule has 0 aliphatic rings. The van der Waals surface area contributed by atoms with Crippen LogP contribution in [-0.2, 0) is 7.05 Å². The number of aromatic nitrogens is 1. The highest BCUT2D eigenvalue weighted by Gasteiger charge is 2.04. The first kappa shape index (κ1) is 8.01. The zero-order chi connectivity index (χ0) is 8.43.